The fourth-order valence-corrected chi connectivity index (χ4v) is 3.16. The molecule has 0 spiro atoms. The van der Waals surface area contributed by atoms with Crippen molar-refractivity contribution in [2.75, 3.05) is 0 Å². The molecule has 0 aliphatic rings. The van der Waals surface area contributed by atoms with Crippen LogP contribution in [0.3, 0.4) is 0 Å². The maximum Gasteiger partial charge on any atom is -0.0438 e. The minimum atomic E-state index is 0.868. The number of rotatable bonds is 10. The van der Waals surface area contributed by atoms with E-state index >= 15 is 0 Å². The standard InChI is InChI=1S/C18H38/c1-8-15(4)11-17(6)13-18(7)12-16(5)10-9-14(2)3/h14-18H,8-13H2,1-7H3. The summed E-state index contributed by atoms with van der Waals surface area (Å²) in [5.41, 5.74) is 0. The van der Waals surface area contributed by atoms with Gasteiger partial charge in [0, 0.05) is 0 Å². The van der Waals surface area contributed by atoms with Gasteiger partial charge in [0.25, 0.3) is 0 Å². The molecule has 0 fully saturated rings. The lowest BCUT2D eigenvalue weighted by Crippen LogP contribution is -2.10. The second-order valence-electron chi connectivity index (χ2n) is 7.51. The van der Waals surface area contributed by atoms with Crippen molar-refractivity contribution in [3.8, 4) is 0 Å². The van der Waals surface area contributed by atoms with E-state index in [4.69, 9.17) is 0 Å². The maximum absolute atomic E-state index is 2.46. The van der Waals surface area contributed by atoms with Crippen LogP contribution >= 0.6 is 0 Å². The van der Waals surface area contributed by atoms with Gasteiger partial charge in [0.1, 0.15) is 0 Å². The van der Waals surface area contributed by atoms with Crippen LogP contribution < -0.4 is 0 Å². The van der Waals surface area contributed by atoms with Crippen molar-refractivity contribution in [1.29, 1.82) is 0 Å². The molecule has 0 aromatic heterocycles. The van der Waals surface area contributed by atoms with Gasteiger partial charge in [-0.15, -0.1) is 0 Å². The van der Waals surface area contributed by atoms with E-state index in [0.29, 0.717) is 0 Å². The molecule has 0 aromatic rings. The molecule has 0 aromatic carbocycles. The third-order valence-electron chi connectivity index (χ3n) is 4.35. The van der Waals surface area contributed by atoms with Gasteiger partial charge < -0.3 is 0 Å². The predicted molar refractivity (Wildman–Crippen MR) is 84.9 cm³/mol. The van der Waals surface area contributed by atoms with Gasteiger partial charge in [0.05, 0.1) is 0 Å². The minimum absolute atomic E-state index is 0.868. The van der Waals surface area contributed by atoms with Crippen LogP contribution in [0.2, 0.25) is 0 Å². The summed E-state index contributed by atoms with van der Waals surface area (Å²) in [6.07, 6.45) is 8.43. The van der Waals surface area contributed by atoms with E-state index in [1.54, 1.807) is 0 Å². The summed E-state index contributed by atoms with van der Waals surface area (Å²) in [6.45, 7) is 16.7. The molecule has 0 saturated carbocycles. The van der Waals surface area contributed by atoms with Crippen LogP contribution in [0.4, 0.5) is 0 Å². The molecule has 4 unspecified atom stereocenters. The van der Waals surface area contributed by atoms with Crippen LogP contribution in [-0.2, 0) is 0 Å². The second kappa shape index (κ2) is 9.87. The Morgan fingerprint density at radius 2 is 1.00 bits per heavy atom. The quantitative estimate of drug-likeness (QED) is 0.415. The van der Waals surface area contributed by atoms with Crippen LogP contribution in [0.1, 0.15) is 87.0 Å². The first-order chi connectivity index (χ1) is 8.35. The Labute approximate surface area is 117 Å². The van der Waals surface area contributed by atoms with Crippen LogP contribution in [0.25, 0.3) is 0 Å². The Bertz CT molecular complexity index is 182. The highest BCUT2D eigenvalue weighted by Crippen LogP contribution is 2.27. The molecule has 0 aliphatic heterocycles. The molecule has 0 bridgehead atoms. The van der Waals surface area contributed by atoms with Crippen molar-refractivity contribution in [1.82, 2.24) is 0 Å². The molecule has 0 amide bonds. The van der Waals surface area contributed by atoms with Gasteiger partial charge in [-0.05, 0) is 48.9 Å². The van der Waals surface area contributed by atoms with Gasteiger partial charge in [-0.3, -0.25) is 0 Å². The fraction of sp³-hybridized carbons (Fsp3) is 1.00. The van der Waals surface area contributed by atoms with Gasteiger partial charge in [-0.2, -0.15) is 0 Å². The van der Waals surface area contributed by atoms with E-state index in [9.17, 15) is 0 Å². The van der Waals surface area contributed by atoms with Gasteiger partial charge in [0.2, 0.25) is 0 Å². The van der Waals surface area contributed by atoms with Crippen LogP contribution in [-0.4, -0.2) is 0 Å². The third kappa shape index (κ3) is 9.97. The van der Waals surface area contributed by atoms with E-state index in [-0.39, 0.29) is 0 Å². The largest absolute Gasteiger partial charge is 0.0651 e. The van der Waals surface area contributed by atoms with Crippen molar-refractivity contribution in [2.24, 2.45) is 29.6 Å². The summed E-state index contributed by atoms with van der Waals surface area (Å²) in [6, 6.07) is 0. The van der Waals surface area contributed by atoms with E-state index in [0.717, 1.165) is 29.6 Å². The molecule has 0 N–H and O–H groups in total. The highest BCUT2D eigenvalue weighted by atomic mass is 14.2. The molecular weight excluding hydrogens is 216 g/mol. The summed E-state index contributed by atoms with van der Waals surface area (Å²) >= 11 is 0. The summed E-state index contributed by atoms with van der Waals surface area (Å²) in [5.74, 6) is 4.51. The molecule has 0 heteroatoms. The Morgan fingerprint density at radius 3 is 1.44 bits per heavy atom. The summed E-state index contributed by atoms with van der Waals surface area (Å²) in [7, 11) is 0. The van der Waals surface area contributed by atoms with Gasteiger partial charge >= 0.3 is 0 Å². The van der Waals surface area contributed by atoms with E-state index < -0.39 is 0 Å². The summed E-state index contributed by atoms with van der Waals surface area (Å²) < 4.78 is 0. The lowest BCUT2D eigenvalue weighted by atomic mass is 9.83. The molecular formula is C18H38. The van der Waals surface area contributed by atoms with Crippen LogP contribution in [0.15, 0.2) is 0 Å². The van der Waals surface area contributed by atoms with Crippen LogP contribution in [0, 0.1) is 29.6 Å². The third-order valence-corrected chi connectivity index (χ3v) is 4.35. The predicted octanol–water partition coefficient (Wildman–Crippen LogP) is 6.55. The van der Waals surface area contributed by atoms with Gasteiger partial charge in [-0.1, -0.05) is 67.7 Å². The smallest absolute Gasteiger partial charge is 0.0438 e. The lowest BCUT2D eigenvalue weighted by Gasteiger charge is -2.22. The average Bonchev–Trinajstić information content (AvgIpc) is 2.25. The maximum atomic E-state index is 2.46. The van der Waals surface area contributed by atoms with Gasteiger partial charge in [-0.25, -0.2) is 0 Å². The second-order valence-corrected chi connectivity index (χ2v) is 7.51. The highest BCUT2D eigenvalue weighted by molar-refractivity contribution is 4.66. The Morgan fingerprint density at radius 1 is 0.556 bits per heavy atom. The molecule has 0 nitrogen and oxygen atoms in total. The molecule has 0 saturated heterocycles. The fourth-order valence-electron chi connectivity index (χ4n) is 3.16. The zero-order chi connectivity index (χ0) is 14.1. The molecule has 0 heterocycles. The van der Waals surface area contributed by atoms with E-state index in [1.165, 1.54) is 38.5 Å². The summed E-state index contributed by atoms with van der Waals surface area (Å²) in [5, 5.41) is 0. The average molecular weight is 255 g/mol. The normalized spacial score (nSPS) is 18.7. The first kappa shape index (κ1) is 18.0. The molecule has 18 heavy (non-hydrogen) atoms. The topological polar surface area (TPSA) is 0 Å². The monoisotopic (exact) mass is 254 g/mol. The van der Waals surface area contributed by atoms with Crippen molar-refractivity contribution in [3.05, 3.63) is 0 Å². The zero-order valence-electron chi connectivity index (χ0n) is 14.1. The van der Waals surface area contributed by atoms with Crippen molar-refractivity contribution < 1.29 is 0 Å². The Balaban J connectivity index is 3.77. The number of hydrogen-bond donors (Lipinski definition) is 0. The highest BCUT2D eigenvalue weighted by Gasteiger charge is 2.14. The lowest BCUT2D eigenvalue weighted by molar-refractivity contribution is 0.293. The molecule has 0 aliphatic carbocycles. The van der Waals surface area contributed by atoms with Crippen molar-refractivity contribution in [2.45, 2.75) is 87.0 Å². The van der Waals surface area contributed by atoms with Crippen molar-refractivity contribution in [3.63, 3.8) is 0 Å². The molecule has 0 radical (unpaired) electrons. The Hall–Kier alpha value is 0. The van der Waals surface area contributed by atoms with Crippen LogP contribution in [0.5, 0.6) is 0 Å². The summed E-state index contributed by atoms with van der Waals surface area (Å²) in [4.78, 5) is 0. The van der Waals surface area contributed by atoms with E-state index in [1.807, 2.05) is 0 Å². The van der Waals surface area contributed by atoms with E-state index in [2.05, 4.69) is 48.5 Å². The molecule has 110 valence electrons. The Kier molecular flexibility index (Phi) is 9.87. The minimum Gasteiger partial charge on any atom is -0.0651 e. The van der Waals surface area contributed by atoms with Crippen molar-refractivity contribution >= 4 is 0 Å². The molecule has 4 atom stereocenters. The first-order valence-corrected chi connectivity index (χ1v) is 8.35. The number of hydrogen-bond acceptors (Lipinski definition) is 0. The SMILES string of the molecule is CCC(C)CC(C)CC(C)CC(C)CCC(C)C. The van der Waals surface area contributed by atoms with Gasteiger partial charge in [0.15, 0.2) is 0 Å². The molecule has 0 rings (SSSR count). The zero-order valence-corrected chi connectivity index (χ0v) is 14.1. The first-order valence-electron chi connectivity index (χ1n) is 8.35.